The highest BCUT2D eigenvalue weighted by Crippen LogP contribution is 2.39. The van der Waals surface area contributed by atoms with E-state index in [1.807, 2.05) is 30.1 Å². The largest absolute Gasteiger partial charge is 0.352 e. The number of aromatic nitrogens is 2. The minimum absolute atomic E-state index is 0.0752. The second-order valence-corrected chi connectivity index (χ2v) is 8.14. The van der Waals surface area contributed by atoms with Crippen molar-refractivity contribution >= 4 is 33.3 Å². The van der Waals surface area contributed by atoms with Crippen molar-refractivity contribution in [1.82, 2.24) is 14.9 Å². The molecule has 1 aliphatic carbocycles. The van der Waals surface area contributed by atoms with E-state index in [1.165, 1.54) is 35.1 Å². The molecule has 6 heteroatoms. The lowest BCUT2D eigenvalue weighted by Gasteiger charge is -2.36. The average molecular weight is 344 g/mol. The maximum absolute atomic E-state index is 12.2. The molecule has 0 N–H and O–H groups in total. The lowest BCUT2D eigenvalue weighted by atomic mass is 9.97. The molecule has 2 aromatic heterocycles. The monoisotopic (exact) mass is 344 g/mol. The second kappa shape index (κ2) is 6.31. The zero-order valence-corrected chi connectivity index (χ0v) is 15.2. The molecule has 0 unspecified atom stereocenters. The molecule has 2 aromatic rings. The van der Waals surface area contributed by atoms with Crippen molar-refractivity contribution in [2.75, 3.05) is 31.1 Å². The van der Waals surface area contributed by atoms with Crippen molar-refractivity contribution in [2.24, 2.45) is 5.92 Å². The molecule has 3 heterocycles. The zero-order chi connectivity index (χ0) is 16.7. The van der Waals surface area contributed by atoms with Crippen LogP contribution in [-0.2, 0) is 17.6 Å². The molecule has 4 rings (SSSR count). The van der Waals surface area contributed by atoms with Crippen molar-refractivity contribution in [1.29, 1.82) is 0 Å². The number of carbonyl (C=O) groups is 1. The number of fused-ring (bicyclic) bond motifs is 3. The van der Waals surface area contributed by atoms with E-state index < -0.39 is 0 Å². The van der Waals surface area contributed by atoms with E-state index in [2.05, 4.69) is 14.9 Å². The summed E-state index contributed by atoms with van der Waals surface area (Å²) in [7, 11) is 0. The number of hydrogen-bond donors (Lipinski definition) is 0. The molecule has 0 saturated carbocycles. The summed E-state index contributed by atoms with van der Waals surface area (Å²) < 4.78 is 0. The van der Waals surface area contributed by atoms with Crippen LogP contribution in [0.15, 0.2) is 6.33 Å². The Balaban J connectivity index is 1.61. The minimum atomic E-state index is 0.0752. The van der Waals surface area contributed by atoms with Crippen LogP contribution in [0.25, 0.3) is 10.2 Å². The SMILES string of the molecule is CC(C)C(=O)N1CCN(c2ncnc3sc4c(c23)CCCC4)CC1. The molecule has 24 heavy (non-hydrogen) atoms. The van der Waals surface area contributed by atoms with Crippen LogP contribution in [0.3, 0.4) is 0 Å². The molecule has 1 amide bonds. The van der Waals surface area contributed by atoms with Gasteiger partial charge in [0.25, 0.3) is 0 Å². The fourth-order valence-corrected chi connectivity index (χ4v) is 5.04. The molecular formula is C18H24N4OS. The van der Waals surface area contributed by atoms with E-state index in [0.717, 1.165) is 43.2 Å². The van der Waals surface area contributed by atoms with Crippen LogP contribution in [-0.4, -0.2) is 47.0 Å². The standard InChI is InChI=1S/C18H24N4OS/c1-12(2)18(23)22-9-7-21(8-10-22)16-15-13-5-3-4-6-14(13)24-17(15)20-11-19-16/h11-12H,3-10H2,1-2H3. The van der Waals surface area contributed by atoms with Gasteiger partial charge in [0.1, 0.15) is 17.0 Å². The summed E-state index contributed by atoms with van der Waals surface area (Å²) in [6, 6.07) is 0. The Labute approximate surface area is 146 Å². The number of hydrogen-bond acceptors (Lipinski definition) is 5. The molecule has 1 fully saturated rings. The first kappa shape index (κ1) is 15.8. The number of anilines is 1. The van der Waals surface area contributed by atoms with E-state index in [9.17, 15) is 4.79 Å². The molecule has 0 radical (unpaired) electrons. The maximum Gasteiger partial charge on any atom is 0.225 e. The van der Waals surface area contributed by atoms with Gasteiger partial charge in [0.15, 0.2) is 0 Å². The first-order valence-electron chi connectivity index (χ1n) is 8.94. The Morgan fingerprint density at radius 3 is 2.62 bits per heavy atom. The van der Waals surface area contributed by atoms with Crippen molar-refractivity contribution in [2.45, 2.75) is 39.5 Å². The van der Waals surface area contributed by atoms with E-state index in [-0.39, 0.29) is 11.8 Å². The molecule has 1 saturated heterocycles. The molecule has 2 aliphatic rings. The predicted octanol–water partition coefficient (Wildman–Crippen LogP) is 2.87. The number of carbonyl (C=O) groups excluding carboxylic acids is 1. The van der Waals surface area contributed by atoms with Gasteiger partial charge in [0.2, 0.25) is 5.91 Å². The highest BCUT2D eigenvalue weighted by Gasteiger charge is 2.27. The fourth-order valence-electron chi connectivity index (χ4n) is 3.82. The highest BCUT2D eigenvalue weighted by molar-refractivity contribution is 7.19. The quantitative estimate of drug-likeness (QED) is 0.840. The summed E-state index contributed by atoms with van der Waals surface area (Å²) in [5.74, 6) is 1.41. The van der Waals surface area contributed by atoms with E-state index >= 15 is 0 Å². The first-order valence-corrected chi connectivity index (χ1v) is 9.76. The average Bonchev–Trinajstić information content (AvgIpc) is 3.00. The van der Waals surface area contributed by atoms with Crippen LogP contribution in [0.4, 0.5) is 5.82 Å². The Morgan fingerprint density at radius 1 is 1.12 bits per heavy atom. The van der Waals surface area contributed by atoms with Crippen LogP contribution in [0.5, 0.6) is 0 Å². The highest BCUT2D eigenvalue weighted by atomic mass is 32.1. The summed E-state index contributed by atoms with van der Waals surface area (Å²) in [6.07, 6.45) is 6.60. The number of nitrogens with zero attached hydrogens (tertiary/aromatic N) is 4. The first-order chi connectivity index (χ1) is 11.6. The van der Waals surface area contributed by atoms with Crippen molar-refractivity contribution in [3.05, 3.63) is 16.8 Å². The van der Waals surface area contributed by atoms with Gasteiger partial charge in [-0.1, -0.05) is 13.8 Å². The van der Waals surface area contributed by atoms with Crippen molar-refractivity contribution in [3.8, 4) is 0 Å². The summed E-state index contributed by atoms with van der Waals surface area (Å²) in [4.78, 5) is 28.3. The zero-order valence-electron chi connectivity index (χ0n) is 14.4. The summed E-state index contributed by atoms with van der Waals surface area (Å²) in [5.41, 5.74) is 1.48. The van der Waals surface area contributed by atoms with Gasteiger partial charge in [-0.3, -0.25) is 4.79 Å². The van der Waals surface area contributed by atoms with Gasteiger partial charge in [-0.05, 0) is 31.2 Å². The molecule has 0 bridgehead atoms. The van der Waals surface area contributed by atoms with Crippen LogP contribution >= 0.6 is 11.3 Å². The fraction of sp³-hybridized carbons (Fsp3) is 0.611. The lowest BCUT2D eigenvalue weighted by molar-refractivity contribution is -0.134. The molecule has 5 nitrogen and oxygen atoms in total. The van der Waals surface area contributed by atoms with Gasteiger partial charge in [-0.15, -0.1) is 11.3 Å². The summed E-state index contributed by atoms with van der Waals surface area (Å²) in [5, 5.41) is 1.28. The Morgan fingerprint density at radius 2 is 1.88 bits per heavy atom. The number of aryl methyl sites for hydroxylation is 2. The predicted molar refractivity (Wildman–Crippen MR) is 97.7 cm³/mol. The molecule has 0 atom stereocenters. The Kier molecular flexibility index (Phi) is 4.16. The number of piperazine rings is 1. The smallest absolute Gasteiger partial charge is 0.225 e. The number of thiophene rings is 1. The van der Waals surface area contributed by atoms with Crippen LogP contribution in [0.1, 0.15) is 37.1 Å². The van der Waals surface area contributed by atoms with Gasteiger partial charge >= 0.3 is 0 Å². The summed E-state index contributed by atoms with van der Waals surface area (Å²) in [6.45, 7) is 7.23. The molecule has 1 aliphatic heterocycles. The minimum Gasteiger partial charge on any atom is -0.352 e. The van der Waals surface area contributed by atoms with Crippen LogP contribution in [0.2, 0.25) is 0 Å². The lowest BCUT2D eigenvalue weighted by Crippen LogP contribution is -2.50. The topological polar surface area (TPSA) is 49.3 Å². The van der Waals surface area contributed by atoms with Crippen LogP contribution < -0.4 is 4.90 Å². The van der Waals surface area contributed by atoms with E-state index in [1.54, 1.807) is 6.33 Å². The third-order valence-corrected chi connectivity index (χ3v) is 6.32. The third kappa shape index (κ3) is 2.66. The molecule has 0 spiro atoms. The molecule has 128 valence electrons. The van der Waals surface area contributed by atoms with Crippen LogP contribution in [0, 0.1) is 5.92 Å². The number of rotatable bonds is 2. The van der Waals surface area contributed by atoms with E-state index in [4.69, 9.17) is 0 Å². The van der Waals surface area contributed by atoms with E-state index in [0.29, 0.717) is 0 Å². The Bertz CT molecular complexity index is 762. The molecule has 0 aromatic carbocycles. The second-order valence-electron chi connectivity index (χ2n) is 7.06. The third-order valence-electron chi connectivity index (χ3n) is 5.12. The van der Waals surface area contributed by atoms with Gasteiger partial charge in [-0.25, -0.2) is 9.97 Å². The number of amides is 1. The van der Waals surface area contributed by atoms with Gasteiger partial charge in [0.05, 0.1) is 5.39 Å². The summed E-state index contributed by atoms with van der Waals surface area (Å²) >= 11 is 1.84. The van der Waals surface area contributed by atoms with Gasteiger partial charge in [0, 0.05) is 37.0 Å². The maximum atomic E-state index is 12.2. The van der Waals surface area contributed by atoms with Gasteiger partial charge in [-0.2, -0.15) is 0 Å². The van der Waals surface area contributed by atoms with Crippen molar-refractivity contribution < 1.29 is 4.79 Å². The normalized spacial score (nSPS) is 18.3. The molecular weight excluding hydrogens is 320 g/mol. The Hall–Kier alpha value is -1.69. The van der Waals surface area contributed by atoms with Gasteiger partial charge < -0.3 is 9.80 Å². The van der Waals surface area contributed by atoms with Crippen molar-refractivity contribution in [3.63, 3.8) is 0 Å².